The molecule has 3 rings (SSSR count). The molecule has 166 valence electrons. The monoisotopic (exact) mass is 442 g/mol. The number of halogens is 5. The Hall–Kier alpha value is -3.17. The zero-order chi connectivity index (χ0) is 22.8. The van der Waals surface area contributed by atoms with Crippen LogP contribution in [-0.4, -0.2) is 29.1 Å². The van der Waals surface area contributed by atoms with Crippen molar-refractivity contribution in [1.29, 1.82) is 0 Å². The van der Waals surface area contributed by atoms with E-state index in [0.29, 0.717) is 18.9 Å². The molecule has 3 N–H and O–H groups in total. The van der Waals surface area contributed by atoms with E-state index in [9.17, 15) is 36.6 Å². The zero-order valence-corrected chi connectivity index (χ0v) is 16.1. The molecule has 0 bridgehead atoms. The van der Waals surface area contributed by atoms with Gasteiger partial charge in [0.15, 0.2) is 0 Å². The highest BCUT2D eigenvalue weighted by Crippen LogP contribution is 2.37. The van der Waals surface area contributed by atoms with Gasteiger partial charge in [0.1, 0.15) is 17.4 Å². The van der Waals surface area contributed by atoms with E-state index < -0.39 is 47.3 Å². The van der Waals surface area contributed by atoms with Crippen LogP contribution >= 0.6 is 0 Å². The van der Waals surface area contributed by atoms with Gasteiger partial charge in [0.05, 0.1) is 11.5 Å². The summed E-state index contributed by atoms with van der Waals surface area (Å²) in [6, 6.07) is 5.13. The number of carbonyl (C=O) groups excluding carboxylic acids is 2. The molecule has 0 aromatic heterocycles. The number of amides is 2. The SMILES string of the molecule is O=C(Nc1ccc(C(=O)NC2CCCC(C(F)(F)F)C2)c(O)c1)c1cc(F)cc(F)c1. The summed E-state index contributed by atoms with van der Waals surface area (Å²) in [6.07, 6.45) is -3.81. The largest absolute Gasteiger partial charge is 0.507 e. The van der Waals surface area contributed by atoms with Crippen molar-refractivity contribution in [2.24, 2.45) is 5.92 Å². The van der Waals surface area contributed by atoms with Crippen LogP contribution < -0.4 is 10.6 Å². The summed E-state index contributed by atoms with van der Waals surface area (Å²) < 4.78 is 65.3. The van der Waals surface area contributed by atoms with Crippen molar-refractivity contribution in [3.63, 3.8) is 0 Å². The molecule has 31 heavy (non-hydrogen) atoms. The Morgan fingerprint density at radius 3 is 2.26 bits per heavy atom. The first-order chi connectivity index (χ1) is 14.5. The lowest BCUT2D eigenvalue weighted by molar-refractivity contribution is -0.183. The van der Waals surface area contributed by atoms with Gasteiger partial charge in [-0.25, -0.2) is 8.78 Å². The van der Waals surface area contributed by atoms with Crippen molar-refractivity contribution in [2.45, 2.75) is 37.9 Å². The molecule has 2 amide bonds. The second kappa shape index (κ2) is 8.91. The van der Waals surface area contributed by atoms with Gasteiger partial charge in [0.25, 0.3) is 11.8 Å². The molecule has 0 spiro atoms. The van der Waals surface area contributed by atoms with Crippen LogP contribution in [0, 0.1) is 17.6 Å². The second-order valence-electron chi connectivity index (χ2n) is 7.42. The van der Waals surface area contributed by atoms with Crippen molar-refractivity contribution in [1.82, 2.24) is 5.32 Å². The summed E-state index contributed by atoms with van der Waals surface area (Å²) in [5.41, 5.74) is -0.405. The van der Waals surface area contributed by atoms with Gasteiger partial charge < -0.3 is 15.7 Å². The average molecular weight is 442 g/mol. The van der Waals surface area contributed by atoms with Gasteiger partial charge >= 0.3 is 6.18 Å². The fourth-order valence-corrected chi connectivity index (χ4v) is 3.57. The predicted octanol–water partition coefficient (Wildman–Crippen LogP) is 4.77. The molecule has 2 aromatic rings. The number of anilines is 1. The first-order valence-corrected chi connectivity index (χ1v) is 9.51. The lowest BCUT2D eigenvalue weighted by Crippen LogP contribution is -2.41. The van der Waals surface area contributed by atoms with E-state index in [1.54, 1.807) is 0 Å². The summed E-state index contributed by atoms with van der Waals surface area (Å²) in [5, 5.41) is 15.0. The van der Waals surface area contributed by atoms with Crippen molar-refractivity contribution < 1.29 is 36.6 Å². The molecule has 1 aliphatic carbocycles. The number of rotatable bonds is 4. The molecular weight excluding hydrogens is 423 g/mol. The van der Waals surface area contributed by atoms with E-state index in [1.807, 2.05) is 0 Å². The van der Waals surface area contributed by atoms with Gasteiger partial charge in [0, 0.05) is 29.4 Å². The maximum atomic E-state index is 13.2. The van der Waals surface area contributed by atoms with Crippen LogP contribution in [-0.2, 0) is 0 Å². The van der Waals surface area contributed by atoms with E-state index in [1.165, 1.54) is 12.1 Å². The lowest BCUT2D eigenvalue weighted by Gasteiger charge is -2.31. The third kappa shape index (κ3) is 5.71. The second-order valence-corrected chi connectivity index (χ2v) is 7.42. The fraction of sp³-hybridized carbons (Fsp3) is 0.333. The van der Waals surface area contributed by atoms with E-state index in [-0.39, 0.29) is 29.7 Å². The highest BCUT2D eigenvalue weighted by Gasteiger charge is 2.42. The summed E-state index contributed by atoms with van der Waals surface area (Å²) in [7, 11) is 0. The van der Waals surface area contributed by atoms with Crippen LogP contribution in [0.2, 0.25) is 0 Å². The van der Waals surface area contributed by atoms with Crippen molar-refractivity contribution in [3.05, 3.63) is 59.2 Å². The van der Waals surface area contributed by atoms with E-state index >= 15 is 0 Å². The molecule has 10 heteroatoms. The molecule has 1 fully saturated rings. The van der Waals surface area contributed by atoms with Gasteiger partial charge in [0.2, 0.25) is 0 Å². The molecule has 0 radical (unpaired) electrons. The third-order valence-electron chi connectivity index (χ3n) is 5.10. The van der Waals surface area contributed by atoms with Gasteiger partial charge in [-0.15, -0.1) is 0 Å². The zero-order valence-electron chi connectivity index (χ0n) is 16.1. The smallest absolute Gasteiger partial charge is 0.391 e. The summed E-state index contributed by atoms with van der Waals surface area (Å²) >= 11 is 0. The molecule has 1 saturated carbocycles. The van der Waals surface area contributed by atoms with E-state index in [0.717, 1.165) is 18.2 Å². The molecule has 0 saturated heterocycles. The number of benzene rings is 2. The number of phenols is 1. The fourth-order valence-electron chi connectivity index (χ4n) is 3.57. The van der Waals surface area contributed by atoms with Crippen LogP contribution in [0.25, 0.3) is 0 Å². The van der Waals surface area contributed by atoms with Crippen LogP contribution in [0.4, 0.5) is 27.6 Å². The quantitative estimate of drug-likeness (QED) is 0.597. The van der Waals surface area contributed by atoms with E-state index in [4.69, 9.17) is 0 Å². The number of alkyl halides is 3. The Labute approximate surface area is 174 Å². The number of hydrogen-bond donors (Lipinski definition) is 3. The standard InChI is InChI=1S/C21H19F5N2O3/c22-13-6-11(7-14(23)9-13)19(30)27-16-4-5-17(18(29)10-16)20(31)28-15-3-1-2-12(8-15)21(24,25)26/h4-7,9-10,12,15,29H,1-3,8H2,(H,27,30)(H,28,31). The maximum absolute atomic E-state index is 13.2. The predicted molar refractivity (Wildman–Crippen MR) is 102 cm³/mol. The molecule has 0 heterocycles. The van der Waals surface area contributed by atoms with Gasteiger partial charge in [-0.05, 0) is 43.5 Å². The Bertz CT molecular complexity index is 973. The van der Waals surface area contributed by atoms with Crippen molar-refractivity contribution >= 4 is 17.5 Å². The summed E-state index contributed by atoms with van der Waals surface area (Å²) in [6.45, 7) is 0. The van der Waals surface area contributed by atoms with Gasteiger partial charge in [-0.1, -0.05) is 6.42 Å². The minimum atomic E-state index is -4.32. The third-order valence-corrected chi connectivity index (χ3v) is 5.10. The van der Waals surface area contributed by atoms with Crippen LogP contribution in [0.15, 0.2) is 36.4 Å². The molecule has 2 aromatic carbocycles. The molecule has 2 unspecified atom stereocenters. The van der Waals surface area contributed by atoms with Gasteiger partial charge in [-0.3, -0.25) is 9.59 Å². The highest BCUT2D eigenvalue weighted by atomic mass is 19.4. The highest BCUT2D eigenvalue weighted by molar-refractivity contribution is 6.05. The van der Waals surface area contributed by atoms with Crippen molar-refractivity contribution in [2.75, 3.05) is 5.32 Å². The number of carbonyl (C=O) groups is 2. The molecule has 2 atom stereocenters. The summed E-state index contributed by atoms with van der Waals surface area (Å²) in [4.78, 5) is 24.5. The average Bonchev–Trinajstić information content (AvgIpc) is 2.66. The number of aromatic hydroxyl groups is 1. The first kappa shape index (κ1) is 22.5. The number of nitrogens with one attached hydrogen (secondary N) is 2. The maximum Gasteiger partial charge on any atom is 0.391 e. The molecule has 0 aliphatic heterocycles. The summed E-state index contributed by atoms with van der Waals surface area (Å²) in [5.74, 6) is -5.44. The molecule has 5 nitrogen and oxygen atoms in total. The van der Waals surface area contributed by atoms with Crippen molar-refractivity contribution in [3.8, 4) is 5.75 Å². The van der Waals surface area contributed by atoms with Gasteiger partial charge in [-0.2, -0.15) is 13.2 Å². The number of hydrogen-bond acceptors (Lipinski definition) is 3. The minimum Gasteiger partial charge on any atom is -0.507 e. The Balaban J connectivity index is 1.66. The minimum absolute atomic E-state index is 0.0186. The van der Waals surface area contributed by atoms with Crippen LogP contribution in [0.5, 0.6) is 5.75 Å². The molecule has 1 aliphatic rings. The Morgan fingerprint density at radius 1 is 0.968 bits per heavy atom. The van der Waals surface area contributed by atoms with E-state index in [2.05, 4.69) is 10.6 Å². The Morgan fingerprint density at radius 2 is 1.65 bits per heavy atom. The number of phenolic OH excluding ortho intramolecular Hbond substituents is 1. The topological polar surface area (TPSA) is 78.4 Å². The van der Waals surface area contributed by atoms with Crippen LogP contribution in [0.1, 0.15) is 46.4 Å². The van der Waals surface area contributed by atoms with Crippen LogP contribution in [0.3, 0.4) is 0 Å². The Kier molecular flexibility index (Phi) is 6.47. The molecular formula is C21H19F5N2O3. The lowest BCUT2D eigenvalue weighted by atomic mass is 9.85. The first-order valence-electron chi connectivity index (χ1n) is 9.51. The normalized spacial score (nSPS) is 19.0.